The number of nitrogens with zero attached hydrogens (tertiary/aromatic N) is 1. The quantitative estimate of drug-likeness (QED) is 0.648. The fraction of sp³-hybridized carbons (Fsp3) is 0.250. The molecular weight excluding hydrogens is 158 g/mol. The number of hydrogen-bond donors (Lipinski definition) is 0. The largest absolute Gasteiger partial charge is 0.256 e. The lowest BCUT2D eigenvalue weighted by atomic mass is 10.0. The summed E-state index contributed by atoms with van der Waals surface area (Å²) in [4.78, 5) is 3.74. The molecule has 0 aliphatic heterocycles. The van der Waals surface area contributed by atoms with Gasteiger partial charge in [0.2, 0.25) is 0 Å². The minimum absolute atomic E-state index is 0.00934. The molecule has 0 fully saturated rings. The minimum Gasteiger partial charge on any atom is -0.256 e. The molecule has 1 atom stereocenters. The maximum absolute atomic E-state index is 7.93. The molecule has 0 bridgehead atoms. The Bertz CT molecular complexity index is 730. The molecule has 1 aliphatic carbocycles. The van der Waals surface area contributed by atoms with E-state index < -0.39 is 43.1 Å². The number of hydrogen-bond acceptors (Lipinski definition) is 1. The van der Waals surface area contributed by atoms with Gasteiger partial charge in [-0.15, -0.1) is 0 Å². The molecule has 1 aliphatic rings. The predicted molar refractivity (Wildman–Crippen MR) is 55.3 cm³/mol. The molecule has 1 heterocycles. The molecule has 1 aromatic heterocycles. The Morgan fingerprint density at radius 1 is 1.62 bits per heavy atom. The van der Waals surface area contributed by atoms with E-state index in [4.69, 9.17) is 13.7 Å². The molecule has 0 N–H and O–H groups in total. The number of rotatable bonds is 1. The van der Waals surface area contributed by atoms with Gasteiger partial charge in [-0.25, -0.2) is 0 Å². The van der Waals surface area contributed by atoms with Crippen LogP contribution in [0.15, 0.2) is 36.4 Å². The first-order chi connectivity index (χ1) is 10.5. The van der Waals surface area contributed by atoms with Crippen LogP contribution in [0.5, 0.6) is 0 Å². The molecule has 0 amide bonds. The molecular formula is C12H13N. The second kappa shape index (κ2) is 3.56. The zero-order valence-corrected chi connectivity index (χ0v) is 6.73. The number of pyridine rings is 1. The molecule has 2 rings (SSSR count). The summed E-state index contributed by atoms with van der Waals surface area (Å²) in [6.07, 6.45) is -1.93. The standard InChI is InChI=1S/C12H13N/c1-10-7-8-12(13-9-10)11-5-3-2-4-6-11/h2-3,5,7-9H,4,6H2,1H3/i1D3,2D,3D,4D,5D,7D,8D,9D. The van der Waals surface area contributed by atoms with Crippen LogP contribution in [0.25, 0.3) is 5.57 Å². The molecule has 0 saturated heterocycles. The third-order valence-electron chi connectivity index (χ3n) is 1.57. The normalized spacial score (nSPS) is 35.5. The van der Waals surface area contributed by atoms with E-state index in [-0.39, 0.29) is 29.8 Å². The molecule has 0 spiro atoms. The average molecular weight is 181 g/mol. The van der Waals surface area contributed by atoms with E-state index in [0.29, 0.717) is 0 Å². The first kappa shape index (κ1) is 2.57. The van der Waals surface area contributed by atoms with Gasteiger partial charge in [0.1, 0.15) is 0 Å². The monoisotopic (exact) mass is 181 g/mol. The Labute approximate surface area is 92.9 Å². The van der Waals surface area contributed by atoms with E-state index in [9.17, 15) is 0 Å². The lowest BCUT2D eigenvalue weighted by Gasteiger charge is -2.07. The molecule has 1 aromatic rings. The van der Waals surface area contributed by atoms with Gasteiger partial charge in [-0.05, 0) is 36.8 Å². The van der Waals surface area contributed by atoms with Crippen molar-refractivity contribution in [3.63, 3.8) is 0 Å². The van der Waals surface area contributed by atoms with Gasteiger partial charge in [-0.2, -0.15) is 0 Å². The van der Waals surface area contributed by atoms with Gasteiger partial charge in [0.25, 0.3) is 0 Å². The van der Waals surface area contributed by atoms with Gasteiger partial charge < -0.3 is 0 Å². The molecule has 0 radical (unpaired) electrons. The van der Waals surface area contributed by atoms with E-state index in [1.807, 2.05) is 0 Å². The summed E-state index contributed by atoms with van der Waals surface area (Å²) in [6.45, 7) is -2.76. The van der Waals surface area contributed by atoms with E-state index in [1.54, 1.807) is 0 Å². The highest BCUT2D eigenvalue weighted by atomic mass is 14.7. The maximum atomic E-state index is 7.93. The van der Waals surface area contributed by atoms with Gasteiger partial charge in [-0.3, -0.25) is 4.98 Å². The van der Waals surface area contributed by atoms with Crippen LogP contribution in [0.4, 0.5) is 0 Å². The highest BCUT2D eigenvalue weighted by Crippen LogP contribution is 2.21. The van der Waals surface area contributed by atoms with Crippen LogP contribution >= 0.6 is 0 Å². The van der Waals surface area contributed by atoms with Gasteiger partial charge in [0, 0.05) is 11.7 Å². The first-order valence-electron chi connectivity index (χ1n) is 8.83. The summed E-state index contributed by atoms with van der Waals surface area (Å²) in [5.41, 5.74) is -0.873. The van der Waals surface area contributed by atoms with Crippen molar-refractivity contribution in [2.24, 2.45) is 0 Å². The van der Waals surface area contributed by atoms with Crippen molar-refractivity contribution in [3.05, 3.63) is 47.7 Å². The Balaban J connectivity index is 2.72. The van der Waals surface area contributed by atoms with Gasteiger partial charge in [0.15, 0.2) is 0 Å². The fourth-order valence-corrected chi connectivity index (χ4v) is 0.955. The van der Waals surface area contributed by atoms with Crippen LogP contribution in [0.1, 0.15) is 37.8 Å². The maximum Gasteiger partial charge on any atom is 0.0843 e. The molecule has 1 nitrogen and oxygen atoms in total. The van der Waals surface area contributed by atoms with Crippen molar-refractivity contribution in [1.29, 1.82) is 0 Å². The Morgan fingerprint density at radius 2 is 2.62 bits per heavy atom. The van der Waals surface area contributed by atoms with Gasteiger partial charge in [0.05, 0.1) is 13.9 Å². The summed E-state index contributed by atoms with van der Waals surface area (Å²) >= 11 is 0. The van der Waals surface area contributed by atoms with E-state index in [1.165, 1.54) is 0 Å². The number of aromatic nitrogens is 1. The van der Waals surface area contributed by atoms with Crippen molar-refractivity contribution in [1.82, 2.24) is 4.98 Å². The van der Waals surface area contributed by atoms with E-state index in [0.717, 1.165) is 0 Å². The van der Waals surface area contributed by atoms with Crippen molar-refractivity contribution in [2.45, 2.75) is 19.7 Å². The second-order valence-electron chi connectivity index (χ2n) is 2.48. The SMILES string of the molecule is [2H]C1=C(c2nc([2H])c(C([2H])([2H])[2H])c([2H])c2[2H])CC([2H])C([2H])=C1[2H]. The third-order valence-corrected chi connectivity index (χ3v) is 1.57. The van der Waals surface area contributed by atoms with Crippen molar-refractivity contribution in [3.8, 4) is 0 Å². The van der Waals surface area contributed by atoms with Crippen LogP contribution in [0.2, 0.25) is 0 Å². The highest BCUT2D eigenvalue weighted by Gasteiger charge is 2.03. The molecule has 13 heavy (non-hydrogen) atoms. The Kier molecular flexibility index (Phi) is 0.704. The molecule has 1 unspecified atom stereocenters. The summed E-state index contributed by atoms with van der Waals surface area (Å²) < 4.78 is 76.3. The average Bonchev–Trinajstić information content (AvgIpc) is 2.43. The smallest absolute Gasteiger partial charge is 0.0843 e. The lowest BCUT2D eigenvalue weighted by molar-refractivity contribution is 1.04. The van der Waals surface area contributed by atoms with E-state index >= 15 is 0 Å². The predicted octanol–water partition coefficient (Wildman–Crippen LogP) is 3.12. The summed E-state index contributed by atoms with van der Waals surface area (Å²) in [5.74, 6) is 0. The highest BCUT2D eigenvalue weighted by molar-refractivity contribution is 5.65. The summed E-state index contributed by atoms with van der Waals surface area (Å²) in [6, 6.07) is -2.40. The Hall–Kier alpha value is -1.37. The van der Waals surface area contributed by atoms with Crippen molar-refractivity contribution >= 4 is 5.57 Å². The first-order valence-corrected chi connectivity index (χ1v) is 3.75. The van der Waals surface area contributed by atoms with Crippen LogP contribution in [0, 0.1) is 6.85 Å². The van der Waals surface area contributed by atoms with Crippen LogP contribution < -0.4 is 0 Å². The fourth-order valence-electron chi connectivity index (χ4n) is 0.955. The lowest BCUT2D eigenvalue weighted by Crippen LogP contribution is -1.91. The van der Waals surface area contributed by atoms with Crippen LogP contribution in [0.3, 0.4) is 0 Å². The minimum atomic E-state index is -2.76. The van der Waals surface area contributed by atoms with Gasteiger partial charge >= 0.3 is 0 Å². The van der Waals surface area contributed by atoms with Gasteiger partial charge in [-0.1, -0.05) is 24.2 Å². The van der Waals surface area contributed by atoms with E-state index in [2.05, 4.69) is 4.98 Å². The second-order valence-corrected chi connectivity index (χ2v) is 2.48. The molecule has 1 heteroatoms. The number of allylic oxidation sites excluding steroid dienone is 4. The van der Waals surface area contributed by atoms with Crippen LogP contribution in [-0.4, -0.2) is 4.98 Å². The zero-order valence-electron chi connectivity index (χ0n) is 16.7. The molecule has 0 aromatic carbocycles. The van der Waals surface area contributed by atoms with Crippen LogP contribution in [-0.2, 0) is 0 Å². The summed E-state index contributed by atoms with van der Waals surface area (Å²) in [5, 5.41) is 0. The van der Waals surface area contributed by atoms with Crippen molar-refractivity contribution < 1.29 is 13.7 Å². The van der Waals surface area contributed by atoms with Crippen molar-refractivity contribution in [2.75, 3.05) is 0 Å². The molecule has 66 valence electrons. The zero-order chi connectivity index (χ0) is 17.7. The topological polar surface area (TPSA) is 12.9 Å². The third kappa shape index (κ3) is 1.86. The molecule has 0 saturated carbocycles. The summed E-state index contributed by atoms with van der Waals surface area (Å²) in [7, 11) is 0. The Morgan fingerprint density at radius 3 is 3.54 bits per heavy atom.